The van der Waals surface area contributed by atoms with Crippen LogP contribution in [0.2, 0.25) is 0 Å². The molecule has 15 heavy (non-hydrogen) atoms. The number of aromatic nitrogens is 2. The van der Waals surface area contributed by atoms with Gasteiger partial charge in [0, 0.05) is 7.05 Å². The number of aliphatic hydroxyl groups is 1. The van der Waals surface area contributed by atoms with Gasteiger partial charge in [0.1, 0.15) is 5.82 Å². The summed E-state index contributed by atoms with van der Waals surface area (Å²) in [4.78, 5) is 11.0. The van der Waals surface area contributed by atoms with Gasteiger partial charge < -0.3 is 10.4 Å². The van der Waals surface area contributed by atoms with Gasteiger partial charge in [-0.05, 0) is 6.92 Å². The monoisotopic (exact) mass is 217 g/mol. The predicted octanol–water partition coefficient (Wildman–Crippen LogP) is 0.349. The van der Waals surface area contributed by atoms with Crippen molar-refractivity contribution in [3.63, 3.8) is 0 Å². The lowest BCUT2D eigenvalue weighted by atomic mass is 9.99. The predicted molar refractivity (Wildman–Crippen MR) is 46.5 cm³/mol. The first kappa shape index (κ1) is 10.0. The van der Waals surface area contributed by atoms with E-state index in [9.17, 15) is 18.7 Å². The number of halogens is 2. The van der Waals surface area contributed by atoms with E-state index in [2.05, 4.69) is 5.10 Å². The van der Waals surface area contributed by atoms with E-state index in [4.69, 9.17) is 0 Å². The number of nitrogens with zero attached hydrogens (tertiary/aromatic N) is 2. The lowest BCUT2D eigenvalue weighted by Crippen LogP contribution is -2.44. The molecule has 1 aromatic heterocycles. The summed E-state index contributed by atoms with van der Waals surface area (Å²) in [5, 5.41) is 15.3. The number of carbonyl (C=O) groups excluding carboxylic acids is 1. The highest BCUT2D eigenvalue weighted by Crippen LogP contribution is 2.41. The molecule has 0 radical (unpaired) electrons. The zero-order chi connectivity index (χ0) is 11.4. The van der Waals surface area contributed by atoms with Crippen molar-refractivity contribution in [1.82, 2.24) is 9.78 Å². The molecule has 1 amide bonds. The summed E-state index contributed by atoms with van der Waals surface area (Å²) in [6.07, 6.45) is -2.13. The molecule has 2 N–H and O–H groups in total. The molecule has 1 atom stereocenters. The van der Waals surface area contributed by atoms with Gasteiger partial charge in [0.15, 0.2) is 6.10 Å². The maximum absolute atomic E-state index is 13.2. The molecule has 0 aromatic carbocycles. The Labute approximate surface area is 83.7 Å². The fourth-order valence-corrected chi connectivity index (χ4v) is 1.65. The molecule has 0 saturated heterocycles. The smallest absolute Gasteiger partial charge is 0.354 e. The lowest BCUT2D eigenvalue weighted by molar-refractivity contribution is -0.160. The second-order valence-electron chi connectivity index (χ2n) is 3.45. The summed E-state index contributed by atoms with van der Waals surface area (Å²) in [5.74, 6) is -5.19. The van der Waals surface area contributed by atoms with Crippen molar-refractivity contribution in [3.05, 3.63) is 11.3 Å². The van der Waals surface area contributed by atoms with Crippen molar-refractivity contribution < 1.29 is 18.7 Å². The average molecular weight is 217 g/mol. The number of fused-ring (bicyclic) bond motifs is 1. The largest absolute Gasteiger partial charge is 0.381 e. The van der Waals surface area contributed by atoms with Gasteiger partial charge in [-0.1, -0.05) is 0 Å². The summed E-state index contributed by atoms with van der Waals surface area (Å²) < 4.78 is 27.6. The number of carbonyl (C=O) groups is 1. The standard InChI is InChI=1S/C8H9F2N3O2/c1-3-4-5(14)8(9,10)7(15)11-6(4)13(2)12-3/h5,14H,1-2H3,(H,11,15)/t5-/m1/s1. The first-order valence-electron chi connectivity index (χ1n) is 4.26. The van der Waals surface area contributed by atoms with Crippen LogP contribution in [0.5, 0.6) is 0 Å². The van der Waals surface area contributed by atoms with Crippen LogP contribution in [0.25, 0.3) is 0 Å². The average Bonchev–Trinajstić information content (AvgIpc) is 2.39. The molecule has 0 aliphatic carbocycles. The van der Waals surface area contributed by atoms with Crippen LogP contribution in [-0.4, -0.2) is 26.7 Å². The Hall–Kier alpha value is -1.50. The fourth-order valence-electron chi connectivity index (χ4n) is 1.65. The van der Waals surface area contributed by atoms with Crippen molar-refractivity contribution >= 4 is 11.7 Å². The molecule has 7 heteroatoms. The SMILES string of the molecule is Cc1nn(C)c2c1[C@@H](O)C(F)(F)C(=O)N2. The van der Waals surface area contributed by atoms with Crippen molar-refractivity contribution in [2.24, 2.45) is 7.05 Å². The number of aryl methyl sites for hydroxylation is 2. The minimum absolute atomic E-state index is 0.0258. The molecule has 0 bridgehead atoms. The summed E-state index contributed by atoms with van der Waals surface area (Å²) in [7, 11) is 1.50. The Morgan fingerprint density at radius 1 is 1.60 bits per heavy atom. The van der Waals surface area contributed by atoms with Crippen molar-refractivity contribution in [1.29, 1.82) is 0 Å². The summed E-state index contributed by atoms with van der Waals surface area (Å²) in [5.41, 5.74) is 0.252. The molecule has 2 heterocycles. The Bertz CT molecular complexity index is 441. The molecular weight excluding hydrogens is 208 g/mol. The minimum atomic E-state index is -3.80. The molecule has 2 rings (SSSR count). The summed E-state index contributed by atoms with van der Waals surface area (Å²) >= 11 is 0. The highest BCUT2D eigenvalue weighted by molar-refractivity contribution is 5.99. The Morgan fingerprint density at radius 3 is 2.80 bits per heavy atom. The van der Waals surface area contributed by atoms with Gasteiger partial charge >= 0.3 is 5.92 Å². The van der Waals surface area contributed by atoms with Crippen LogP contribution in [0, 0.1) is 6.92 Å². The maximum Gasteiger partial charge on any atom is 0.354 e. The van der Waals surface area contributed by atoms with E-state index >= 15 is 0 Å². The van der Waals surface area contributed by atoms with Crippen LogP contribution >= 0.6 is 0 Å². The third-order valence-corrected chi connectivity index (χ3v) is 2.42. The summed E-state index contributed by atoms with van der Waals surface area (Å²) in [6, 6.07) is 0. The molecule has 5 nitrogen and oxygen atoms in total. The molecule has 1 aliphatic heterocycles. The first-order chi connectivity index (χ1) is 6.85. The Balaban J connectivity index is 2.63. The quantitative estimate of drug-likeness (QED) is 0.658. The third-order valence-electron chi connectivity index (χ3n) is 2.42. The number of aliphatic hydroxyl groups excluding tert-OH is 1. The topological polar surface area (TPSA) is 67.1 Å². The van der Waals surface area contributed by atoms with Crippen LogP contribution in [0.15, 0.2) is 0 Å². The van der Waals surface area contributed by atoms with Crippen LogP contribution in [-0.2, 0) is 11.8 Å². The van der Waals surface area contributed by atoms with Crippen molar-refractivity contribution in [3.8, 4) is 0 Å². The Morgan fingerprint density at radius 2 is 2.20 bits per heavy atom. The molecule has 0 saturated carbocycles. The number of amides is 1. The van der Waals surface area contributed by atoms with E-state index in [-0.39, 0.29) is 17.1 Å². The number of hydrogen-bond donors (Lipinski definition) is 2. The minimum Gasteiger partial charge on any atom is -0.381 e. The molecule has 0 unspecified atom stereocenters. The lowest BCUT2D eigenvalue weighted by Gasteiger charge is -2.27. The molecular formula is C8H9F2N3O2. The van der Waals surface area contributed by atoms with Gasteiger partial charge in [0.2, 0.25) is 0 Å². The van der Waals surface area contributed by atoms with E-state index in [0.29, 0.717) is 0 Å². The van der Waals surface area contributed by atoms with E-state index < -0.39 is 17.9 Å². The number of rotatable bonds is 0. The second-order valence-corrected chi connectivity index (χ2v) is 3.45. The van der Waals surface area contributed by atoms with Gasteiger partial charge in [0.25, 0.3) is 5.91 Å². The highest BCUT2D eigenvalue weighted by Gasteiger charge is 2.53. The number of nitrogens with one attached hydrogen (secondary N) is 1. The first-order valence-corrected chi connectivity index (χ1v) is 4.26. The number of hydrogen-bond acceptors (Lipinski definition) is 3. The zero-order valence-electron chi connectivity index (χ0n) is 8.08. The Kier molecular flexibility index (Phi) is 1.84. The summed E-state index contributed by atoms with van der Waals surface area (Å²) in [6.45, 7) is 1.50. The van der Waals surface area contributed by atoms with Gasteiger partial charge in [0.05, 0.1) is 11.3 Å². The molecule has 0 spiro atoms. The molecule has 1 aromatic rings. The van der Waals surface area contributed by atoms with Crippen LogP contribution in [0.1, 0.15) is 17.4 Å². The van der Waals surface area contributed by atoms with Crippen molar-refractivity contribution in [2.75, 3.05) is 5.32 Å². The van der Waals surface area contributed by atoms with Crippen LogP contribution in [0.3, 0.4) is 0 Å². The second kappa shape index (κ2) is 2.75. The van der Waals surface area contributed by atoms with E-state index in [1.165, 1.54) is 18.7 Å². The van der Waals surface area contributed by atoms with Gasteiger partial charge in [-0.15, -0.1) is 0 Å². The van der Waals surface area contributed by atoms with Gasteiger partial charge in [-0.2, -0.15) is 13.9 Å². The molecule has 82 valence electrons. The van der Waals surface area contributed by atoms with E-state index in [1.54, 1.807) is 0 Å². The zero-order valence-corrected chi connectivity index (χ0v) is 8.08. The normalized spacial score (nSPS) is 23.5. The number of alkyl halides is 2. The van der Waals surface area contributed by atoms with E-state index in [1.807, 2.05) is 5.32 Å². The van der Waals surface area contributed by atoms with Gasteiger partial charge in [-0.25, -0.2) is 0 Å². The highest BCUT2D eigenvalue weighted by atomic mass is 19.3. The maximum atomic E-state index is 13.2. The van der Waals surface area contributed by atoms with Crippen LogP contribution in [0.4, 0.5) is 14.6 Å². The van der Waals surface area contributed by atoms with Gasteiger partial charge in [-0.3, -0.25) is 9.48 Å². The molecule has 0 fully saturated rings. The van der Waals surface area contributed by atoms with Crippen molar-refractivity contribution in [2.45, 2.75) is 19.0 Å². The number of anilines is 1. The fraction of sp³-hybridized carbons (Fsp3) is 0.500. The molecule has 1 aliphatic rings. The van der Waals surface area contributed by atoms with Crippen LogP contribution < -0.4 is 5.32 Å². The van der Waals surface area contributed by atoms with E-state index in [0.717, 1.165) is 0 Å². The third kappa shape index (κ3) is 1.16.